The number of rotatable bonds is 7. The zero-order chi connectivity index (χ0) is 19.1. The Morgan fingerprint density at radius 3 is 2.50 bits per heavy atom. The lowest BCUT2D eigenvalue weighted by Crippen LogP contribution is -2.40. The number of aryl methyl sites for hydroxylation is 1. The molecule has 1 aromatic heterocycles. The molecule has 7 heteroatoms. The van der Waals surface area contributed by atoms with E-state index in [9.17, 15) is 9.59 Å². The predicted molar refractivity (Wildman–Crippen MR) is 101 cm³/mol. The van der Waals surface area contributed by atoms with Gasteiger partial charge < -0.3 is 19.9 Å². The normalized spacial score (nSPS) is 11.9. The molecule has 0 aliphatic carbocycles. The number of benzene rings is 1. The van der Waals surface area contributed by atoms with Crippen molar-refractivity contribution in [3.63, 3.8) is 0 Å². The quantitative estimate of drug-likeness (QED) is 0.740. The van der Waals surface area contributed by atoms with Gasteiger partial charge in [0, 0.05) is 25.5 Å². The molecule has 0 aliphatic heterocycles. The van der Waals surface area contributed by atoms with E-state index in [-0.39, 0.29) is 6.04 Å². The first-order valence-electron chi connectivity index (χ1n) is 8.52. The maximum Gasteiger partial charge on any atom is 0.313 e. The molecule has 26 heavy (non-hydrogen) atoms. The summed E-state index contributed by atoms with van der Waals surface area (Å²) in [6.45, 7) is 2.65. The Hall–Kier alpha value is -2.80. The molecular formula is C19H26N4O3. The molecule has 1 unspecified atom stereocenters. The van der Waals surface area contributed by atoms with Crippen molar-refractivity contribution in [2.24, 2.45) is 7.05 Å². The van der Waals surface area contributed by atoms with Gasteiger partial charge in [0.15, 0.2) is 0 Å². The number of carbonyl (C=O) groups excluding carboxylic acids is 2. The van der Waals surface area contributed by atoms with E-state index in [2.05, 4.69) is 10.6 Å². The lowest BCUT2D eigenvalue weighted by molar-refractivity contribution is -0.136. The maximum atomic E-state index is 12.2. The topological polar surface area (TPSA) is 75.6 Å². The lowest BCUT2D eigenvalue weighted by atomic mass is 10.2. The Morgan fingerprint density at radius 1 is 1.15 bits per heavy atom. The van der Waals surface area contributed by atoms with Crippen molar-refractivity contribution in [2.45, 2.75) is 13.0 Å². The van der Waals surface area contributed by atoms with Crippen molar-refractivity contribution in [1.82, 2.24) is 14.8 Å². The molecule has 0 aliphatic rings. The Balaban J connectivity index is 1.99. The van der Waals surface area contributed by atoms with Crippen LogP contribution in [0.5, 0.6) is 5.75 Å². The van der Waals surface area contributed by atoms with Crippen LogP contribution in [0.2, 0.25) is 0 Å². The van der Waals surface area contributed by atoms with Gasteiger partial charge in [0.05, 0.1) is 18.3 Å². The summed E-state index contributed by atoms with van der Waals surface area (Å²) in [5.74, 6) is -0.870. The molecule has 2 N–H and O–H groups in total. The number of amides is 2. The van der Waals surface area contributed by atoms with Gasteiger partial charge in [0.25, 0.3) is 0 Å². The first-order chi connectivity index (χ1) is 12.4. The monoisotopic (exact) mass is 358 g/mol. The molecule has 0 fully saturated rings. The van der Waals surface area contributed by atoms with Crippen molar-refractivity contribution >= 4 is 17.5 Å². The summed E-state index contributed by atoms with van der Waals surface area (Å²) < 4.78 is 7.45. The predicted octanol–water partition coefficient (Wildman–Crippen LogP) is 1.78. The third-order valence-electron chi connectivity index (χ3n) is 4.05. The molecule has 140 valence electrons. The molecule has 1 aromatic carbocycles. The number of hydrogen-bond donors (Lipinski definition) is 2. The zero-order valence-corrected chi connectivity index (χ0v) is 15.7. The molecule has 0 radical (unpaired) electrons. The van der Waals surface area contributed by atoms with Gasteiger partial charge in [-0.2, -0.15) is 0 Å². The average molecular weight is 358 g/mol. The fourth-order valence-corrected chi connectivity index (χ4v) is 2.67. The van der Waals surface area contributed by atoms with Crippen molar-refractivity contribution in [2.75, 3.05) is 32.6 Å². The molecule has 0 bridgehead atoms. The summed E-state index contributed by atoms with van der Waals surface area (Å²) in [6.07, 6.45) is 1.95. The van der Waals surface area contributed by atoms with Crippen molar-refractivity contribution in [1.29, 1.82) is 0 Å². The van der Waals surface area contributed by atoms with Crippen LogP contribution in [0.15, 0.2) is 42.6 Å². The minimum atomic E-state index is -0.721. The Labute approximate surface area is 153 Å². The van der Waals surface area contributed by atoms with Crippen LogP contribution in [-0.2, 0) is 16.6 Å². The molecule has 7 nitrogen and oxygen atoms in total. The van der Waals surface area contributed by atoms with Crippen LogP contribution >= 0.6 is 0 Å². The number of hydrogen-bond acceptors (Lipinski definition) is 4. The van der Waals surface area contributed by atoms with Crippen LogP contribution in [0.25, 0.3) is 0 Å². The fraction of sp³-hybridized carbons (Fsp3) is 0.368. The van der Waals surface area contributed by atoms with E-state index < -0.39 is 11.8 Å². The third kappa shape index (κ3) is 4.86. The number of para-hydroxylation sites is 2. The highest BCUT2D eigenvalue weighted by molar-refractivity contribution is 6.39. The minimum absolute atomic E-state index is 0.0394. The second kappa shape index (κ2) is 9.05. The maximum absolute atomic E-state index is 12.2. The first-order valence-corrected chi connectivity index (χ1v) is 8.52. The molecule has 2 rings (SSSR count). The van der Waals surface area contributed by atoms with E-state index in [1.165, 1.54) is 0 Å². The van der Waals surface area contributed by atoms with Gasteiger partial charge in [-0.3, -0.25) is 14.5 Å². The Kier molecular flexibility index (Phi) is 6.80. The summed E-state index contributed by atoms with van der Waals surface area (Å²) >= 11 is 0. The first kappa shape index (κ1) is 19.5. The molecule has 0 spiro atoms. The van der Waals surface area contributed by atoms with Gasteiger partial charge in [-0.15, -0.1) is 0 Å². The number of aromatic nitrogens is 1. The van der Waals surface area contributed by atoms with Gasteiger partial charge >= 0.3 is 11.8 Å². The van der Waals surface area contributed by atoms with Crippen LogP contribution in [-0.4, -0.2) is 48.5 Å². The standard InChI is InChI=1S/C19H26N4O3/c1-5-26-17-11-7-6-9-14(17)21-19(25)18(24)20-13-16(22(2)3)15-10-8-12-23(15)4/h6-12,16H,5,13H2,1-4H3,(H,20,24)(H,21,25). The van der Waals surface area contributed by atoms with Crippen LogP contribution in [0.1, 0.15) is 18.7 Å². The summed E-state index contributed by atoms with van der Waals surface area (Å²) in [4.78, 5) is 26.4. The minimum Gasteiger partial charge on any atom is -0.492 e. The summed E-state index contributed by atoms with van der Waals surface area (Å²) in [7, 11) is 5.81. The van der Waals surface area contributed by atoms with Gasteiger partial charge in [0.2, 0.25) is 0 Å². The highest BCUT2D eigenvalue weighted by atomic mass is 16.5. The summed E-state index contributed by atoms with van der Waals surface area (Å²) in [5.41, 5.74) is 1.53. The SMILES string of the molecule is CCOc1ccccc1NC(=O)C(=O)NCC(c1cccn1C)N(C)C. The van der Waals surface area contributed by atoms with Crippen LogP contribution in [0, 0.1) is 0 Å². The fourth-order valence-electron chi connectivity index (χ4n) is 2.67. The van der Waals surface area contributed by atoms with E-state index in [1.54, 1.807) is 18.2 Å². The van der Waals surface area contributed by atoms with E-state index in [0.717, 1.165) is 5.69 Å². The van der Waals surface area contributed by atoms with Gasteiger partial charge in [0.1, 0.15) is 5.75 Å². The van der Waals surface area contributed by atoms with Crippen LogP contribution in [0.3, 0.4) is 0 Å². The van der Waals surface area contributed by atoms with Gasteiger partial charge in [-0.1, -0.05) is 12.1 Å². The number of nitrogens with one attached hydrogen (secondary N) is 2. The van der Waals surface area contributed by atoms with Gasteiger partial charge in [-0.05, 0) is 45.3 Å². The number of likely N-dealkylation sites (N-methyl/N-ethyl adjacent to an activating group) is 1. The molecule has 1 heterocycles. The van der Waals surface area contributed by atoms with E-state index in [1.807, 2.05) is 61.9 Å². The summed E-state index contributed by atoms with van der Waals surface area (Å²) in [5, 5.41) is 5.30. The second-order valence-corrected chi connectivity index (χ2v) is 6.12. The highest BCUT2D eigenvalue weighted by Crippen LogP contribution is 2.23. The summed E-state index contributed by atoms with van der Waals surface area (Å²) in [6, 6.07) is 10.9. The highest BCUT2D eigenvalue weighted by Gasteiger charge is 2.21. The van der Waals surface area contributed by atoms with Crippen molar-refractivity contribution < 1.29 is 14.3 Å². The molecule has 0 saturated carbocycles. The number of nitrogens with zero attached hydrogens (tertiary/aromatic N) is 2. The van der Waals surface area contributed by atoms with E-state index in [0.29, 0.717) is 24.6 Å². The molecule has 2 amide bonds. The smallest absolute Gasteiger partial charge is 0.313 e. The Bertz CT molecular complexity index is 755. The number of carbonyl (C=O) groups is 2. The molecule has 0 saturated heterocycles. The lowest BCUT2D eigenvalue weighted by Gasteiger charge is -2.25. The van der Waals surface area contributed by atoms with Crippen molar-refractivity contribution in [3.05, 3.63) is 48.3 Å². The second-order valence-electron chi connectivity index (χ2n) is 6.12. The van der Waals surface area contributed by atoms with Crippen LogP contribution < -0.4 is 15.4 Å². The molecule has 2 aromatic rings. The molecule has 1 atom stereocenters. The zero-order valence-electron chi connectivity index (χ0n) is 15.7. The number of ether oxygens (including phenoxy) is 1. The average Bonchev–Trinajstić information content (AvgIpc) is 3.02. The van der Waals surface area contributed by atoms with Gasteiger partial charge in [-0.25, -0.2) is 0 Å². The van der Waals surface area contributed by atoms with Crippen LogP contribution in [0.4, 0.5) is 5.69 Å². The number of anilines is 1. The largest absolute Gasteiger partial charge is 0.492 e. The van der Waals surface area contributed by atoms with Crippen molar-refractivity contribution in [3.8, 4) is 5.75 Å². The third-order valence-corrected chi connectivity index (χ3v) is 4.05. The van der Waals surface area contributed by atoms with E-state index >= 15 is 0 Å². The molecular weight excluding hydrogens is 332 g/mol. The van der Waals surface area contributed by atoms with E-state index in [4.69, 9.17) is 4.74 Å². The Morgan fingerprint density at radius 2 is 1.88 bits per heavy atom.